The Labute approximate surface area is 123 Å². The number of aromatic nitrogens is 2. The Hall–Kier alpha value is -2.19. The maximum Gasteiger partial charge on any atom is 0.258 e. The minimum atomic E-state index is -0.0637. The smallest absolute Gasteiger partial charge is 0.258 e. The molecular weight excluding hydrogens is 266 g/mol. The van der Waals surface area contributed by atoms with E-state index in [4.69, 9.17) is 14.5 Å². The largest absolute Gasteiger partial charge is 0.370 e. The quantitative estimate of drug-likeness (QED) is 0.840. The van der Waals surface area contributed by atoms with Gasteiger partial charge in [-0.15, -0.1) is 0 Å². The molecule has 0 saturated heterocycles. The molecule has 5 heteroatoms. The second-order valence-electron chi connectivity index (χ2n) is 5.31. The standard InChI is InChI=1S/C16H17N3O2/c1-3-20-14(12-5-6-12)15-18-16(21-19-15)13-7-4-11(9-17)8-10(13)2/h4,7-8,12,14H,3,5-6H2,1-2H3. The van der Waals surface area contributed by atoms with E-state index in [2.05, 4.69) is 16.2 Å². The first kappa shape index (κ1) is 13.8. The average Bonchev–Trinajstić information content (AvgIpc) is 3.22. The summed E-state index contributed by atoms with van der Waals surface area (Å²) < 4.78 is 11.1. The molecule has 1 aromatic carbocycles. The second-order valence-corrected chi connectivity index (χ2v) is 5.31. The van der Waals surface area contributed by atoms with Crippen molar-refractivity contribution >= 4 is 0 Å². The SMILES string of the molecule is CCOC(c1noc(-c2ccc(C#N)cc2C)n1)C1CC1. The molecule has 0 spiro atoms. The van der Waals surface area contributed by atoms with Gasteiger partial charge in [0.1, 0.15) is 6.10 Å². The van der Waals surface area contributed by atoms with Crippen LogP contribution in [0.1, 0.15) is 42.8 Å². The molecule has 108 valence electrons. The number of nitriles is 1. The van der Waals surface area contributed by atoms with Crippen molar-refractivity contribution in [2.24, 2.45) is 5.92 Å². The molecular formula is C16H17N3O2. The predicted octanol–water partition coefficient (Wildman–Crippen LogP) is 3.40. The van der Waals surface area contributed by atoms with E-state index < -0.39 is 0 Å². The third kappa shape index (κ3) is 2.81. The van der Waals surface area contributed by atoms with Gasteiger partial charge in [0.2, 0.25) is 5.82 Å². The Balaban J connectivity index is 1.89. The maximum atomic E-state index is 8.91. The summed E-state index contributed by atoms with van der Waals surface area (Å²) in [7, 11) is 0. The van der Waals surface area contributed by atoms with Crippen LogP contribution in [0, 0.1) is 24.2 Å². The molecule has 0 N–H and O–H groups in total. The van der Waals surface area contributed by atoms with Gasteiger partial charge in [0.05, 0.1) is 11.6 Å². The van der Waals surface area contributed by atoms with Crippen LogP contribution in [0.2, 0.25) is 0 Å². The Morgan fingerprint density at radius 3 is 2.90 bits per heavy atom. The van der Waals surface area contributed by atoms with Crippen LogP contribution in [0.25, 0.3) is 11.5 Å². The Bertz CT molecular complexity index is 683. The lowest BCUT2D eigenvalue weighted by atomic mass is 10.1. The molecule has 1 saturated carbocycles. The topological polar surface area (TPSA) is 71.9 Å². The zero-order chi connectivity index (χ0) is 14.8. The van der Waals surface area contributed by atoms with Gasteiger partial charge in [0, 0.05) is 12.2 Å². The summed E-state index contributed by atoms with van der Waals surface area (Å²) in [5.41, 5.74) is 2.43. The molecule has 3 rings (SSSR count). The van der Waals surface area contributed by atoms with Gasteiger partial charge in [-0.25, -0.2) is 0 Å². The lowest BCUT2D eigenvalue weighted by Crippen LogP contribution is -2.08. The number of hydrogen-bond donors (Lipinski definition) is 0. The highest BCUT2D eigenvalue weighted by Crippen LogP contribution is 2.42. The van der Waals surface area contributed by atoms with Gasteiger partial charge in [-0.05, 0) is 56.4 Å². The van der Waals surface area contributed by atoms with Gasteiger partial charge >= 0.3 is 0 Å². The number of hydrogen-bond acceptors (Lipinski definition) is 5. The van der Waals surface area contributed by atoms with Crippen LogP contribution in [0.5, 0.6) is 0 Å². The highest BCUT2D eigenvalue weighted by molar-refractivity contribution is 5.60. The van der Waals surface area contributed by atoms with Crippen molar-refractivity contribution in [2.75, 3.05) is 6.61 Å². The summed E-state index contributed by atoms with van der Waals surface area (Å²) in [6, 6.07) is 7.55. The van der Waals surface area contributed by atoms with Crippen molar-refractivity contribution in [1.29, 1.82) is 5.26 Å². The van der Waals surface area contributed by atoms with Gasteiger partial charge in [0.25, 0.3) is 5.89 Å². The van der Waals surface area contributed by atoms with Crippen molar-refractivity contribution < 1.29 is 9.26 Å². The highest BCUT2D eigenvalue weighted by Gasteiger charge is 2.36. The van der Waals surface area contributed by atoms with Crippen molar-refractivity contribution in [1.82, 2.24) is 10.1 Å². The first-order valence-electron chi connectivity index (χ1n) is 7.19. The van der Waals surface area contributed by atoms with E-state index in [1.54, 1.807) is 6.07 Å². The third-order valence-corrected chi connectivity index (χ3v) is 3.68. The molecule has 1 unspecified atom stereocenters. The van der Waals surface area contributed by atoms with Crippen LogP contribution >= 0.6 is 0 Å². The fourth-order valence-corrected chi connectivity index (χ4v) is 2.43. The fourth-order valence-electron chi connectivity index (χ4n) is 2.43. The predicted molar refractivity (Wildman–Crippen MR) is 76.3 cm³/mol. The summed E-state index contributed by atoms with van der Waals surface area (Å²) in [4.78, 5) is 4.49. The Morgan fingerprint density at radius 1 is 1.48 bits per heavy atom. The van der Waals surface area contributed by atoms with Crippen LogP contribution in [0.3, 0.4) is 0 Å². The molecule has 2 aromatic rings. The first-order valence-corrected chi connectivity index (χ1v) is 7.19. The van der Waals surface area contributed by atoms with Gasteiger partial charge in [-0.1, -0.05) is 5.16 Å². The summed E-state index contributed by atoms with van der Waals surface area (Å²) >= 11 is 0. The fraction of sp³-hybridized carbons (Fsp3) is 0.438. The highest BCUT2D eigenvalue weighted by atomic mass is 16.5. The van der Waals surface area contributed by atoms with E-state index in [9.17, 15) is 0 Å². The molecule has 1 aliphatic carbocycles. The minimum Gasteiger partial charge on any atom is -0.370 e. The number of benzene rings is 1. The van der Waals surface area contributed by atoms with Crippen LogP contribution in [0.4, 0.5) is 0 Å². The molecule has 0 radical (unpaired) electrons. The van der Waals surface area contributed by atoms with Gasteiger partial charge in [-0.3, -0.25) is 0 Å². The van der Waals surface area contributed by atoms with Crippen LogP contribution in [0.15, 0.2) is 22.7 Å². The lowest BCUT2D eigenvalue weighted by Gasteiger charge is -2.11. The van der Waals surface area contributed by atoms with E-state index in [1.807, 2.05) is 26.0 Å². The van der Waals surface area contributed by atoms with Gasteiger partial charge in [-0.2, -0.15) is 10.2 Å². The van der Waals surface area contributed by atoms with E-state index in [0.717, 1.165) is 24.0 Å². The normalized spacial score (nSPS) is 15.7. The zero-order valence-corrected chi connectivity index (χ0v) is 12.2. The molecule has 21 heavy (non-hydrogen) atoms. The number of nitrogens with zero attached hydrogens (tertiary/aromatic N) is 3. The molecule has 1 atom stereocenters. The minimum absolute atomic E-state index is 0.0637. The van der Waals surface area contributed by atoms with Crippen molar-refractivity contribution in [2.45, 2.75) is 32.8 Å². The lowest BCUT2D eigenvalue weighted by molar-refractivity contribution is 0.0385. The number of rotatable bonds is 5. The summed E-state index contributed by atoms with van der Waals surface area (Å²) in [6.07, 6.45) is 2.25. The molecule has 0 bridgehead atoms. The van der Waals surface area contributed by atoms with Gasteiger partial charge in [0.15, 0.2) is 0 Å². The van der Waals surface area contributed by atoms with Crippen molar-refractivity contribution in [3.63, 3.8) is 0 Å². The summed E-state index contributed by atoms with van der Waals surface area (Å²) in [6.45, 7) is 4.54. The molecule has 1 aliphatic rings. The summed E-state index contributed by atoms with van der Waals surface area (Å²) in [5, 5.41) is 13.0. The molecule has 1 fully saturated rings. The Morgan fingerprint density at radius 2 is 2.29 bits per heavy atom. The second kappa shape index (κ2) is 5.66. The molecule has 1 heterocycles. The van der Waals surface area contributed by atoms with Crippen molar-refractivity contribution in [3.05, 3.63) is 35.2 Å². The van der Waals surface area contributed by atoms with Gasteiger partial charge < -0.3 is 9.26 Å². The van der Waals surface area contributed by atoms with Crippen LogP contribution in [-0.2, 0) is 4.74 Å². The molecule has 1 aromatic heterocycles. The Kier molecular flexibility index (Phi) is 3.72. The van der Waals surface area contributed by atoms with Crippen molar-refractivity contribution in [3.8, 4) is 17.5 Å². The zero-order valence-electron chi connectivity index (χ0n) is 12.2. The summed E-state index contributed by atoms with van der Waals surface area (Å²) in [5.74, 6) is 1.62. The van der Waals surface area contributed by atoms with E-state index in [1.165, 1.54) is 0 Å². The van der Waals surface area contributed by atoms with E-state index >= 15 is 0 Å². The maximum absolute atomic E-state index is 8.91. The van der Waals surface area contributed by atoms with E-state index in [0.29, 0.717) is 29.8 Å². The molecule has 0 aliphatic heterocycles. The molecule has 5 nitrogen and oxygen atoms in total. The average molecular weight is 283 g/mol. The third-order valence-electron chi connectivity index (χ3n) is 3.68. The monoisotopic (exact) mass is 283 g/mol. The van der Waals surface area contributed by atoms with Crippen LogP contribution < -0.4 is 0 Å². The number of aryl methyl sites for hydroxylation is 1. The van der Waals surface area contributed by atoms with E-state index in [-0.39, 0.29) is 6.10 Å². The molecule has 0 amide bonds. The number of ether oxygens (including phenoxy) is 1. The first-order chi connectivity index (χ1) is 10.2. The van der Waals surface area contributed by atoms with Crippen LogP contribution in [-0.4, -0.2) is 16.7 Å².